The molecule has 0 aromatic heterocycles. The van der Waals surface area contributed by atoms with Crippen molar-refractivity contribution in [1.82, 2.24) is 5.32 Å². The van der Waals surface area contributed by atoms with E-state index in [1.807, 2.05) is 30.3 Å². The molecule has 0 heterocycles. The average molecular weight is 371 g/mol. The van der Waals surface area contributed by atoms with Crippen molar-refractivity contribution in [3.05, 3.63) is 68.9 Å². The van der Waals surface area contributed by atoms with Crippen LogP contribution in [0.5, 0.6) is 0 Å². The highest BCUT2D eigenvalue weighted by molar-refractivity contribution is 9.10. The first-order valence-electron chi connectivity index (χ1n) is 6.90. The van der Waals surface area contributed by atoms with Crippen LogP contribution in [0.25, 0.3) is 0 Å². The van der Waals surface area contributed by atoms with E-state index in [1.165, 1.54) is 5.56 Å². The van der Waals surface area contributed by atoms with Crippen molar-refractivity contribution < 1.29 is 4.39 Å². The summed E-state index contributed by atoms with van der Waals surface area (Å²) < 4.78 is 14.0. The Morgan fingerprint density at radius 2 is 1.81 bits per heavy atom. The van der Waals surface area contributed by atoms with Gasteiger partial charge in [-0.1, -0.05) is 43.6 Å². The maximum Gasteiger partial charge on any atom is 0.137 e. The van der Waals surface area contributed by atoms with Gasteiger partial charge in [-0.3, -0.25) is 0 Å². The van der Waals surface area contributed by atoms with E-state index >= 15 is 0 Å². The molecule has 0 fully saturated rings. The summed E-state index contributed by atoms with van der Waals surface area (Å²) in [6.07, 6.45) is 0. The molecule has 1 nitrogen and oxygen atoms in total. The highest BCUT2D eigenvalue weighted by Crippen LogP contribution is 2.24. The first kappa shape index (κ1) is 16.5. The second-order valence-corrected chi connectivity index (χ2v) is 6.69. The summed E-state index contributed by atoms with van der Waals surface area (Å²) in [5, 5.41) is 4.23. The Bertz CT molecular complexity index is 598. The van der Waals surface area contributed by atoms with Crippen molar-refractivity contribution in [2.45, 2.75) is 26.4 Å². The summed E-state index contributed by atoms with van der Waals surface area (Å²) in [5.41, 5.74) is 2.11. The molecule has 0 saturated heterocycles. The van der Waals surface area contributed by atoms with Gasteiger partial charge in [-0.15, -0.1) is 0 Å². The number of halogens is 3. The molecule has 0 radical (unpaired) electrons. The van der Waals surface area contributed by atoms with Crippen molar-refractivity contribution in [3.63, 3.8) is 0 Å². The van der Waals surface area contributed by atoms with Crippen LogP contribution in [0, 0.1) is 11.7 Å². The molecule has 0 spiro atoms. The van der Waals surface area contributed by atoms with Crippen LogP contribution >= 0.6 is 27.5 Å². The van der Waals surface area contributed by atoms with Crippen molar-refractivity contribution in [2.75, 3.05) is 0 Å². The number of nitrogens with one attached hydrogen (secondary N) is 1. The predicted octanol–water partition coefficient (Wildman–Crippen LogP) is 5.73. The molecule has 1 unspecified atom stereocenters. The van der Waals surface area contributed by atoms with E-state index in [0.717, 1.165) is 10.6 Å². The van der Waals surface area contributed by atoms with Crippen LogP contribution in [0.1, 0.15) is 31.0 Å². The van der Waals surface area contributed by atoms with Gasteiger partial charge in [-0.2, -0.15) is 0 Å². The molecular weight excluding hydrogens is 353 g/mol. The van der Waals surface area contributed by atoms with Crippen LogP contribution in [-0.2, 0) is 6.54 Å². The molecule has 4 heteroatoms. The van der Waals surface area contributed by atoms with Gasteiger partial charge in [0.15, 0.2) is 0 Å². The van der Waals surface area contributed by atoms with Gasteiger partial charge in [0.1, 0.15) is 5.82 Å². The van der Waals surface area contributed by atoms with Crippen molar-refractivity contribution in [2.24, 2.45) is 5.92 Å². The van der Waals surface area contributed by atoms with Crippen molar-refractivity contribution in [3.8, 4) is 0 Å². The molecule has 2 aromatic carbocycles. The Morgan fingerprint density at radius 1 is 1.14 bits per heavy atom. The number of hydrogen-bond donors (Lipinski definition) is 1. The summed E-state index contributed by atoms with van der Waals surface area (Å²) in [6, 6.07) is 13.3. The smallest absolute Gasteiger partial charge is 0.137 e. The fraction of sp³-hybridized carbons (Fsp3) is 0.294. The number of rotatable bonds is 5. The van der Waals surface area contributed by atoms with Gasteiger partial charge in [0.05, 0.1) is 4.47 Å². The van der Waals surface area contributed by atoms with Crippen LogP contribution in [-0.4, -0.2) is 0 Å². The zero-order valence-electron chi connectivity index (χ0n) is 12.0. The monoisotopic (exact) mass is 369 g/mol. The maximum absolute atomic E-state index is 13.5. The van der Waals surface area contributed by atoms with E-state index in [-0.39, 0.29) is 11.9 Å². The number of benzene rings is 2. The van der Waals surface area contributed by atoms with E-state index in [0.29, 0.717) is 16.9 Å². The van der Waals surface area contributed by atoms with Crippen LogP contribution in [0.4, 0.5) is 4.39 Å². The Labute approximate surface area is 138 Å². The Kier molecular flexibility index (Phi) is 5.80. The van der Waals surface area contributed by atoms with Gasteiger partial charge in [0, 0.05) is 17.6 Å². The van der Waals surface area contributed by atoms with Gasteiger partial charge in [-0.25, -0.2) is 4.39 Å². The molecule has 21 heavy (non-hydrogen) atoms. The Balaban J connectivity index is 2.09. The summed E-state index contributed by atoms with van der Waals surface area (Å²) in [4.78, 5) is 0. The highest BCUT2D eigenvalue weighted by atomic mass is 79.9. The SMILES string of the molecule is CC(C)C(NCc1ccc(Br)c(F)c1)c1ccc(Cl)cc1. The topological polar surface area (TPSA) is 12.0 Å². The molecular formula is C17H18BrClFN. The van der Waals surface area contributed by atoms with E-state index in [2.05, 4.69) is 35.1 Å². The molecule has 1 N–H and O–H groups in total. The second kappa shape index (κ2) is 7.39. The fourth-order valence-corrected chi connectivity index (χ4v) is 2.66. The second-order valence-electron chi connectivity index (χ2n) is 5.40. The van der Waals surface area contributed by atoms with Crippen LogP contribution in [0.15, 0.2) is 46.9 Å². The van der Waals surface area contributed by atoms with E-state index in [1.54, 1.807) is 12.1 Å². The normalized spacial score (nSPS) is 12.7. The van der Waals surface area contributed by atoms with Crippen LogP contribution in [0.2, 0.25) is 5.02 Å². The standard InChI is InChI=1S/C17H18BrClFN/c1-11(2)17(13-4-6-14(19)7-5-13)21-10-12-3-8-15(18)16(20)9-12/h3-9,11,17,21H,10H2,1-2H3. The summed E-state index contributed by atoms with van der Waals surface area (Å²) in [5.74, 6) is 0.188. The number of hydrogen-bond acceptors (Lipinski definition) is 1. The molecule has 1 atom stereocenters. The minimum atomic E-state index is -0.234. The van der Waals surface area contributed by atoms with Crippen molar-refractivity contribution >= 4 is 27.5 Å². The third-order valence-electron chi connectivity index (χ3n) is 3.41. The van der Waals surface area contributed by atoms with E-state index in [9.17, 15) is 4.39 Å². The zero-order chi connectivity index (χ0) is 15.4. The summed E-state index contributed by atoms with van der Waals surface area (Å²) in [6.45, 7) is 4.94. The molecule has 0 saturated carbocycles. The van der Waals surface area contributed by atoms with Gasteiger partial charge in [0.2, 0.25) is 0 Å². The molecule has 0 bridgehead atoms. The minimum absolute atomic E-state index is 0.203. The van der Waals surface area contributed by atoms with Crippen LogP contribution < -0.4 is 5.32 Å². The van der Waals surface area contributed by atoms with E-state index in [4.69, 9.17) is 11.6 Å². The summed E-state index contributed by atoms with van der Waals surface area (Å²) in [7, 11) is 0. The largest absolute Gasteiger partial charge is 0.306 e. The summed E-state index contributed by atoms with van der Waals surface area (Å²) >= 11 is 9.10. The lowest BCUT2D eigenvalue weighted by molar-refractivity contribution is 0.410. The van der Waals surface area contributed by atoms with Gasteiger partial charge < -0.3 is 5.32 Å². The molecule has 0 aliphatic rings. The van der Waals surface area contributed by atoms with Gasteiger partial charge >= 0.3 is 0 Å². The maximum atomic E-state index is 13.5. The molecule has 112 valence electrons. The molecule has 0 aliphatic carbocycles. The Morgan fingerprint density at radius 3 is 2.38 bits per heavy atom. The third-order valence-corrected chi connectivity index (χ3v) is 4.30. The zero-order valence-corrected chi connectivity index (χ0v) is 14.4. The van der Waals surface area contributed by atoms with Crippen molar-refractivity contribution in [1.29, 1.82) is 0 Å². The first-order valence-corrected chi connectivity index (χ1v) is 8.07. The highest BCUT2D eigenvalue weighted by Gasteiger charge is 2.15. The first-order chi connectivity index (χ1) is 9.97. The average Bonchev–Trinajstić information content (AvgIpc) is 2.44. The van der Waals surface area contributed by atoms with Gasteiger partial charge in [0.25, 0.3) is 0 Å². The lowest BCUT2D eigenvalue weighted by Gasteiger charge is -2.23. The Hall–Kier alpha value is -0.900. The lowest BCUT2D eigenvalue weighted by atomic mass is 9.96. The lowest BCUT2D eigenvalue weighted by Crippen LogP contribution is -2.25. The predicted molar refractivity (Wildman–Crippen MR) is 90.0 cm³/mol. The molecule has 0 amide bonds. The molecule has 0 aliphatic heterocycles. The molecule has 2 rings (SSSR count). The van der Waals surface area contributed by atoms with E-state index < -0.39 is 0 Å². The quantitative estimate of drug-likeness (QED) is 0.709. The fourth-order valence-electron chi connectivity index (χ4n) is 2.29. The third kappa shape index (κ3) is 4.53. The minimum Gasteiger partial charge on any atom is -0.306 e. The van der Waals surface area contributed by atoms with Crippen LogP contribution in [0.3, 0.4) is 0 Å². The van der Waals surface area contributed by atoms with Gasteiger partial charge in [-0.05, 0) is 57.2 Å². The molecule has 2 aromatic rings.